The molecule has 3 rings (SSSR count). The van der Waals surface area contributed by atoms with Gasteiger partial charge in [-0.25, -0.2) is 4.39 Å². The SMILES string of the molecule is CCc1cc(-c2nc(-c3cc(C)cc(F)c3)no2)c(N)s1. The van der Waals surface area contributed by atoms with E-state index >= 15 is 0 Å². The Morgan fingerprint density at radius 3 is 2.76 bits per heavy atom. The number of benzene rings is 1. The molecule has 0 aliphatic rings. The van der Waals surface area contributed by atoms with Crippen LogP contribution in [-0.4, -0.2) is 10.1 Å². The van der Waals surface area contributed by atoms with Crippen LogP contribution in [-0.2, 0) is 6.42 Å². The van der Waals surface area contributed by atoms with Gasteiger partial charge < -0.3 is 10.3 Å². The van der Waals surface area contributed by atoms with Gasteiger partial charge in [-0.15, -0.1) is 11.3 Å². The first kappa shape index (κ1) is 13.8. The number of aryl methyl sites for hydroxylation is 2. The van der Waals surface area contributed by atoms with Crippen molar-refractivity contribution in [1.29, 1.82) is 0 Å². The summed E-state index contributed by atoms with van der Waals surface area (Å²) < 4.78 is 18.7. The molecule has 0 spiro atoms. The number of thiophene rings is 1. The molecule has 3 aromatic rings. The summed E-state index contributed by atoms with van der Waals surface area (Å²) in [5.41, 5.74) is 8.11. The van der Waals surface area contributed by atoms with E-state index in [1.807, 2.05) is 19.1 Å². The monoisotopic (exact) mass is 303 g/mol. The molecule has 6 heteroatoms. The lowest BCUT2D eigenvalue weighted by molar-refractivity contribution is 0.432. The fourth-order valence-electron chi connectivity index (χ4n) is 2.11. The van der Waals surface area contributed by atoms with Crippen molar-refractivity contribution in [3.05, 3.63) is 40.5 Å². The highest BCUT2D eigenvalue weighted by atomic mass is 32.1. The third-order valence-corrected chi connectivity index (χ3v) is 4.23. The molecular weight excluding hydrogens is 289 g/mol. The molecule has 0 radical (unpaired) electrons. The molecule has 1 aromatic carbocycles. The number of nitrogens with zero attached hydrogens (tertiary/aromatic N) is 2. The zero-order valence-electron chi connectivity index (χ0n) is 11.7. The highest BCUT2D eigenvalue weighted by Crippen LogP contribution is 2.34. The van der Waals surface area contributed by atoms with Gasteiger partial charge in [0.15, 0.2) is 0 Å². The van der Waals surface area contributed by atoms with Crippen LogP contribution in [0.4, 0.5) is 9.39 Å². The number of aromatic nitrogens is 2. The van der Waals surface area contributed by atoms with Crippen molar-refractivity contribution >= 4 is 16.3 Å². The van der Waals surface area contributed by atoms with Crippen LogP contribution >= 0.6 is 11.3 Å². The van der Waals surface area contributed by atoms with Gasteiger partial charge in [0, 0.05) is 10.4 Å². The van der Waals surface area contributed by atoms with Crippen molar-refractivity contribution in [1.82, 2.24) is 10.1 Å². The van der Waals surface area contributed by atoms with Crippen LogP contribution in [0.3, 0.4) is 0 Å². The lowest BCUT2D eigenvalue weighted by atomic mass is 10.1. The third kappa shape index (κ3) is 2.67. The first-order valence-electron chi connectivity index (χ1n) is 6.56. The van der Waals surface area contributed by atoms with Crippen molar-refractivity contribution in [3.63, 3.8) is 0 Å². The number of nitrogen functional groups attached to an aromatic ring is 1. The Balaban J connectivity index is 2.01. The Kier molecular flexibility index (Phi) is 3.47. The molecule has 108 valence electrons. The highest BCUT2D eigenvalue weighted by molar-refractivity contribution is 7.16. The first-order chi connectivity index (χ1) is 10.1. The summed E-state index contributed by atoms with van der Waals surface area (Å²) >= 11 is 1.51. The van der Waals surface area contributed by atoms with Crippen LogP contribution in [0.5, 0.6) is 0 Å². The lowest BCUT2D eigenvalue weighted by Gasteiger charge is -1.97. The van der Waals surface area contributed by atoms with E-state index in [0.717, 1.165) is 22.4 Å². The number of hydrogen-bond donors (Lipinski definition) is 1. The normalized spacial score (nSPS) is 11.0. The Morgan fingerprint density at radius 1 is 1.29 bits per heavy atom. The van der Waals surface area contributed by atoms with E-state index in [-0.39, 0.29) is 5.82 Å². The van der Waals surface area contributed by atoms with Crippen molar-refractivity contribution in [2.24, 2.45) is 0 Å². The van der Waals surface area contributed by atoms with Crippen molar-refractivity contribution in [2.45, 2.75) is 20.3 Å². The van der Waals surface area contributed by atoms with Crippen LogP contribution < -0.4 is 5.73 Å². The van der Waals surface area contributed by atoms with E-state index in [4.69, 9.17) is 10.3 Å². The number of halogens is 1. The van der Waals surface area contributed by atoms with E-state index in [9.17, 15) is 4.39 Å². The molecule has 0 saturated heterocycles. The van der Waals surface area contributed by atoms with Crippen LogP contribution in [0, 0.1) is 12.7 Å². The molecule has 0 amide bonds. The second-order valence-corrected chi connectivity index (χ2v) is 5.95. The molecule has 2 heterocycles. The molecule has 0 aliphatic heterocycles. The highest BCUT2D eigenvalue weighted by Gasteiger charge is 2.16. The topological polar surface area (TPSA) is 64.9 Å². The first-order valence-corrected chi connectivity index (χ1v) is 7.38. The van der Waals surface area contributed by atoms with E-state index < -0.39 is 0 Å². The molecule has 0 saturated carbocycles. The Bertz CT molecular complexity index is 774. The molecule has 2 aromatic heterocycles. The summed E-state index contributed by atoms with van der Waals surface area (Å²) in [6, 6.07) is 6.60. The zero-order valence-corrected chi connectivity index (χ0v) is 12.5. The predicted molar refractivity (Wildman–Crippen MR) is 81.5 cm³/mol. The summed E-state index contributed by atoms with van der Waals surface area (Å²) in [6.07, 6.45) is 0.902. The number of rotatable bonds is 3. The van der Waals surface area contributed by atoms with Crippen LogP contribution in [0.15, 0.2) is 28.8 Å². The molecule has 0 atom stereocenters. The maximum atomic E-state index is 13.5. The minimum absolute atomic E-state index is 0.320. The van der Waals surface area contributed by atoms with Gasteiger partial charge in [-0.1, -0.05) is 12.1 Å². The fraction of sp³-hybridized carbons (Fsp3) is 0.200. The summed E-state index contributed by atoms with van der Waals surface area (Å²) in [5, 5.41) is 4.57. The Hall–Kier alpha value is -2.21. The van der Waals surface area contributed by atoms with E-state index in [1.54, 1.807) is 0 Å². The Morgan fingerprint density at radius 2 is 2.10 bits per heavy atom. The second-order valence-electron chi connectivity index (χ2n) is 4.78. The van der Waals surface area contributed by atoms with Crippen LogP contribution in [0.1, 0.15) is 17.4 Å². The molecular formula is C15H14FN3OS. The summed E-state index contributed by atoms with van der Waals surface area (Å²) in [4.78, 5) is 5.48. The largest absolute Gasteiger partial charge is 0.390 e. The average molecular weight is 303 g/mol. The number of nitrogens with two attached hydrogens (primary N) is 1. The van der Waals surface area contributed by atoms with Gasteiger partial charge in [0.2, 0.25) is 5.82 Å². The minimum atomic E-state index is -0.320. The van der Waals surface area contributed by atoms with Gasteiger partial charge in [0.1, 0.15) is 5.82 Å². The molecule has 4 nitrogen and oxygen atoms in total. The summed E-state index contributed by atoms with van der Waals surface area (Å²) in [7, 11) is 0. The average Bonchev–Trinajstić information content (AvgIpc) is 3.03. The van der Waals surface area contributed by atoms with E-state index in [0.29, 0.717) is 22.3 Å². The quantitative estimate of drug-likeness (QED) is 0.792. The van der Waals surface area contributed by atoms with Crippen molar-refractivity contribution in [3.8, 4) is 22.8 Å². The smallest absolute Gasteiger partial charge is 0.261 e. The van der Waals surface area contributed by atoms with Gasteiger partial charge in [-0.3, -0.25) is 0 Å². The predicted octanol–water partition coefficient (Wildman–Crippen LogP) is 4.06. The van der Waals surface area contributed by atoms with Crippen molar-refractivity contribution in [2.75, 3.05) is 5.73 Å². The molecule has 21 heavy (non-hydrogen) atoms. The number of anilines is 1. The lowest BCUT2D eigenvalue weighted by Crippen LogP contribution is -1.86. The van der Waals surface area contributed by atoms with Gasteiger partial charge >= 0.3 is 0 Å². The fourth-order valence-corrected chi connectivity index (χ4v) is 2.97. The van der Waals surface area contributed by atoms with Gasteiger partial charge in [-0.05, 0) is 43.2 Å². The van der Waals surface area contributed by atoms with Gasteiger partial charge in [0.25, 0.3) is 5.89 Å². The molecule has 2 N–H and O–H groups in total. The van der Waals surface area contributed by atoms with E-state index in [2.05, 4.69) is 17.1 Å². The van der Waals surface area contributed by atoms with Gasteiger partial charge in [-0.2, -0.15) is 4.98 Å². The standard InChI is InChI=1S/C15H14FN3OS/c1-3-11-7-12(13(17)21-11)15-18-14(19-20-15)9-4-8(2)5-10(16)6-9/h4-7H,3,17H2,1-2H3. The number of hydrogen-bond acceptors (Lipinski definition) is 5. The molecule has 0 fully saturated rings. The molecule has 0 bridgehead atoms. The maximum absolute atomic E-state index is 13.5. The third-order valence-electron chi connectivity index (χ3n) is 3.12. The van der Waals surface area contributed by atoms with Crippen LogP contribution in [0.25, 0.3) is 22.8 Å². The molecule has 0 aliphatic carbocycles. The maximum Gasteiger partial charge on any atom is 0.261 e. The zero-order chi connectivity index (χ0) is 15.0. The van der Waals surface area contributed by atoms with Gasteiger partial charge in [0.05, 0.1) is 10.6 Å². The summed E-state index contributed by atoms with van der Waals surface area (Å²) in [5.74, 6) is 0.399. The Labute approximate surface area is 125 Å². The summed E-state index contributed by atoms with van der Waals surface area (Å²) in [6.45, 7) is 3.88. The van der Waals surface area contributed by atoms with Crippen LogP contribution in [0.2, 0.25) is 0 Å². The molecule has 0 unspecified atom stereocenters. The van der Waals surface area contributed by atoms with Crippen molar-refractivity contribution < 1.29 is 8.91 Å². The second kappa shape index (κ2) is 5.29. The minimum Gasteiger partial charge on any atom is -0.390 e. The van der Waals surface area contributed by atoms with E-state index in [1.165, 1.54) is 23.5 Å².